The second-order valence-electron chi connectivity index (χ2n) is 6.30. The lowest BCUT2D eigenvalue weighted by Gasteiger charge is -2.31. The van der Waals surface area contributed by atoms with Gasteiger partial charge in [-0.2, -0.15) is 0 Å². The average Bonchev–Trinajstić information content (AvgIpc) is 3.36. The van der Waals surface area contributed by atoms with Gasteiger partial charge in [0, 0.05) is 0 Å². The minimum atomic E-state index is -0.389. The molecule has 1 saturated carbocycles. The Morgan fingerprint density at radius 1 is 0.952 bits per heavy atom. The average molecular weight is 298 g/mol. The summed E-state index contributed by atoms with van der Waals surface area (Å²) in [5.74, 6) is -0.924. The zero-order chi connectivity index (χ0) is 14.8. The van der Waals surface area contributed by atoms with Gasteiger partial charge in [0.2, 0.25) is 0 Å². The summed E-state index contributed by atoms with van der Waals surface area (Å²) in [6.07, 6.45) is 2.41. The van der Waals surface area contributed by atoms with Crippen molar-refractivity contribution in [1.29, 1.82) is 0 Å². The molecule has 2 aliphatic heterocycles. The minimum Gasteiger partial charge on any atom is -0.463 e. The van der Waals surface area contributed by atoms with Crippen molar-refractivity contribution in [1.82, 2.24) is 0 Å². The van der Waals surface area contributed by atoms with Crippen LogP contribution in [0.2, 0.25) is 0 Å². The van der Waals surface area contributed by atoms with Crippen LogP contribution in [0, 0.1) is 17.8 Å². The van der Waals surface area contributed by atoms with Gasteiger partial charge in [-0.3, -0.25) is 9.59 Å². The first-order chi connectivity index (χ1) is 10.1. The topological polar surface area (TPSA) is 77.7 Å². The monoisotopic (exact) mass is 298 g/mol. The van der Waals surface area contributed by atoms with E-state index in [4.69, 9.17) is 18.9 Å². The van der Waals surface area contributed by atoms with E-state index in [1.165, 1.54) is 0 Å². The highest BCUT2D eigenvalue weighted by Gasteiger charge is 2.41. The normalized spacial score (nSPS) is 37.7. The van der Waals surface area contributed by atoms with Gasteiger partial charge in [0.05, 0.1) is 25.0 Å². The first kappa shape index (κ1) is 14.8. The van der Waals surface area contributed by atoms with Crippen LogP contribution in [0.5, 0.6) is 0 Å². The maximum absolute atomic E-state index is 12.2. The van der Waals surface area contributed by atoms with E-state index in [0.717, 1.165) is 6.42 Å². The zero-order valence-electron chi connectivity index (χ0n) is 12.3. The fourth-order valence-corrected chi connectivity index (χ4v) is 2.82. The molecule has 3 rings (SSSR count). The van der Waals surface area contributed by atoms with Crippen LogP contribution in [-0.2, 0) is 28.5 Å². The molecule has 0 aromatic heterocycles. The predicted molar refractivity (Wildman–Crippen MR) is 71.4 cm³/mol. The maximum atomic E-state index is 12.2. The fourth-order valence-electron chi connectivity index (χ4n) is 2.82. The van der Waals surface area contributed by atoms with Gasteiger partial charge in [-0.05, 0) is 25.2 Å². The molecule has 3 fully saturated rings. The maximum Gasteiger partial charge on any atom is 0.309 e. The van der Waals surface area contributed by atoms with Crippen molar-refractivity contribution in [2.24, 2.45) is 17.8 Å². The van der Waals surface area contributed by atoms with Crippen LogP contribution in [0.4, 0.5) is 0 Å². The van der Waals surface area contributed by atoms with Crippen molar-refractivity contribution in [3.05, 3.63) is 0 Å². The Hall–Kier alpha value is -1.14. The summed E-state index contributed by atoms with van der Waals surface area (Å²) in [6.45, 7) is 4.00. The molecule has 2 heterocycles. The van der Waals surface area contributed by atoms with E-state index in [9.17, 15) is 9.59 Å². The highest BCUT2D eigenvalue weighted by Crippen LogP contribution is 2.35. The number of hydrogen-bond donors (Lipinski definition) is 0. The Kier molecular flexibility index (Phi) is 4.45. The second-order valence-corrected chi connectivity index (χ2v) is 6.30. The lowest BCUT2D eigenvalue weighted by Crippen LogP contribution is -2.37. The minimum absolute atomic E-state index is 0.0485. The number of carbonyl (C=O) groups is 2. The Bertz CT molecular complexity index is 401. The largest absolute Gasteiger partial charge is 0.463 e. The van der Waals surface area contributed by atoms with Gasteiger partial charge >= 0.3 is 11.9 Å². The van der Waals surface area contributed by atoms with E-state index >= 15 is 0 Å². The molecule has 6 nitrogen and oxygen atoms in total. The molecule has 0 bridgehead atoms. The summed E-state index contributed by atoms with van der Waals surface area (Å²) < 4.78 is 20.6. The molecule has 2 saturated heterocycles. The van der Waals surface area contributed by atoms with Crippen LogP contribution in [-0.4, -0.2) is 50.6 Å². The number of rotatable bonds is 6. The Labute approximate surface area is 124 Å². The number of epoxide rings is 2. The van der Waals surface area contributed by atoms with Crippen molar-refractivity contribution >= 4 is 11.9 Å². The first-order valence-corrected chi connectivity index (χ1v) is 7.70. The van der Waals surface area contributed by atoms with Crippen molar-refractivity contribution in [3.63, 3.8) is 0 Å². The van der Waals surface area contributed by atoms with Gasteiger partial charge in [-0.15, -0.1) is 0 Å². The Morgan fingerprint density at radius 2 is 1.48 bits per heavy atom. The van der Waals surface area contributed by atoms with Crippen molar-refractivity contribution in [2.45, 2.75) is 38.4 Å². The van der Waals surface area contributed by atoms with Gasteiger partial charge in [0.15, 0.2) is 0 Å². The summed E-state index contributed by atoms with van der Waals surface area (Å²) in [5, 5.41) is 0. The summed E-state index contributed by atoms with van der Waals surface area (Å²) >= 11 is 0. The van der Waals surface area contributed by atoms with E-state index in [1.54, 1.807) is 0 Å². The molecular weight excluding hydrogens is 276 g/mol. The SMILES string of the molecule is CC1CCC(C(=O)OCC2CO2)C(C(=O)OCC2CO2)C1. The third-order valence-electron chi connectivity index (χ3n) is 4.35. The van der Waals surface area contributed by atoms with Gasteiger partial charge in [-0.1, -0.05) is 6.92 Å². The lowest BCUT2D eigenvalue weighted by atomic mass is 9.74. The van der Waals surface area contributed by atoms with Crippen molar-refractivity contribution in [3.8, 4) is 0 Å². The third kappa shape index (κ3) is 4.17. The molecule has 0 aromatic carbocycles. The summed E-state index contributed by atoms with van der Waals surface area (Å²) in [4.78, 5) is 24.4. The molecule has 0 N–H and O–H groups in total. The predicted octanol–water partition coefficient (Wildman–Crippen LogP) is 0.923. The molecular formula is C15H22O6. The van der Waals surface area contributed by atoms with Gasteiger partial charge in [-0.25, -0.2) is 0 Å². The van der Waals surface area contributed by atoms with E-state index in [-0.39, 0.29) is 36.0 Å². The molecule has 0 radical (unpaired) electrons. The molecule has 118 valence electrons. The molecule has 6 heteroatoms. The van der Waals surface area contributed by atoms with Crippen LogP contribution in [0.1, 0.15) is 26.2 Å². The molecule has 21 heavy (non-hydrogen) atoms. The summed E-state index contributed by atoms with van der Waals surface area (Å²) in [7, 11) is 0. The zero-order valence-corrected chi connectivity index (χ0v) is 12.3. The van der Waals surface area contributed by atoms with Gasteiger partial charge in [0.25, 0.3) is 0 Å². The Balaban J connectivity index is 1.54. The van der Waals surface area contributed by atoms with E-state index in [0.29, 0.717) is 45.2 Å². The Morgan fingerprint density at radius 3 is 2.00 bits per heavy atom. The lowest BCUT2D eigenvalue weighted by molar-refractivity contribution is -0.164. The van der Waals surface area contributed by atoms with Crippen LogP contribution in [0.25, 0.3) is 0 Å². The van der Waals surface area contributed by atoms with Crippen LogP contribution in [0.15, 0.2) is 0 Å². The van der Waals surface area contributed by atoms with E-state index < -0.39 is 0 Å². The molecule has 5 unspecified atom stereocenters. The molecule has 3 aliphatic rings. The molecule has 0 aromatic rings. The molecule has 0 amide bonds. The van der Waals surface area contributed by atoms with Crippen LogP contribution >= 0.6 is 0 Å². The molecule has 0 spiro atoms. The smallest absolute Gasteiger partial charge is 0.309 e. The highest BCUT2D eigenvalue weighted by atomic mass is 16.6. The number of ether oxygens (including phenoxy) is 4. The van der Waals surface area contributed by atoms with E-state index in [2.05, 4.69) is 6.92 Å². The standard InChI is InChI=1S/C15H22O6/c1-9-2-3-12(14(16)20-7-10-5-18-10)13(4-9)15(17)21-8-11-6-19-11/h9-13H,2-8H2,1H3. The van der Waals surface area contributed by atoms with Gasteiger partial charge < -0.3 is 18.9 Å². The second kappa shape index (κ2) is 6.32. The molecule has 1 aliphatic carbocycles. The third-order valence-corrected chi connectivity index (χ3v) is 4.35. The molecule has 5 atom stereocenters. The van der Waals surface area contributed by atoms with Crippen LogP contribution < -0.4 is 0 Å². The fraction of sp³-hybridized carbons (Fsp3) is 0.867. The van der Waals surface area contributed by atoms with Crippen molar-refractivity contribution < 1.29 is 28.5 Å². The number of carbonyl (C=O) groups excluding carboxylic acids is 2. The highest BCUT2D eigenvalue weighted by molar-refractivity contribution is 5.82. The summed E-state index contributed by atoms with van der Waals surface area (Å²) in [5.41, 5.74) is 0. The summed E-state index contributed by atoms with van der Waals surface area (Å²) in [6, 6.07) is 0. The first-order valence-electron chi connectivity index (χ1n) is 7.70. The quantitative estimate of drug-likeness (QED) is 0.536. The number of esters is 2. The van der Waals surface area contributed by atoms with Crippen molar-refractivity contribution in [2.75, 3.05) is 26.4 Å². The van der Waals surface area contributed by atoms with Gasteiger partial charge in [0.1, 0.15) is 25.4 Å². The number of hydrogen-bond acceptors (Lipinski definition) is 6. The van der Waals surface area contributed by atoms with E-state index in [1.807, 2.05) is 0 Å². The van der Waals surface area contributed by atoms with Crippen LogP contribution in [0.3, 0.4) is 0 Å².